The largest absolute Gasteiger partial charge is 0.380 e. The predicted molar refractivity (Wildman–Crippen MR) is 103 cm³/mol. The molecular weight excluding hydrogens is 326 g/mol. The number of nitrogens with zero attached hydrogens (tertiary/aromatic N) is 2. The standard InChI is InChI=1S/C21H25N3O2/c1-23(2)21(26)17-6-4-5-16(11-17)19(13-24(3)12-15-7-8-15)18-9-10-22-20(18)14-25/h4-6,9-11,13-15,22H,7-8,12H2,1-3H3/b19-13-. The molecule has 0 spiro atoms. The Hall–Kier alpha value is -2.82. The molecule has 0 atom stereocenters. The molecule has 1 aromatic carbocycles. The second-order valence-electron chi connectivity index (χ2n) is 7.13. The van der Waals surface area contributed by atoms with Gasteiger partial charge in [0.1, 0.15) is 0 Å². The van der Waals surface area contributed by atoms with Crippen LogP contribution in [0, 0.1) is 5.92 Å². The smallest absolute Gasteiger partial charge is 0.253 e. The molecule has 1 heterocycles. The van der Waals surface area contributed by atoms with Crippen LogP contribution >= 0.6 is 0 Å². The number of benzene rings is 1. The van der Waals surface area contributed by atoms with Crippen molar-refractivity contribution in [1.29, 1.82) is 0 Å². The molecule has 0 radical (unpaired) electrons. The van der Waals surface area contributed by atoms with Gasteiger partial charge in [-0.05, 0) is 42.5 Å². The minimum absolute atomic E-state index is 0.0396. The minimum Gasteiger partial charge on any atom is -0.380 e. The number of hydrogen-bond acceptors (Lipinski definition) is 3. The van der Waals surface area contributed by atoms with Crippen LogP contribution in [0.4, 0.5) is 0 Å². The maximum atomic E-state index is 12.3. The number of rotatable bonds is 7. The molecule has 1 aromatic heterocycles. The molecule has 2 aromatic rings. The number of carbonyl (C=O) groups excluding carboxylic acids is 2. The summed E-state index contributed by atoms with van der Waals surface area (Å²) < 4.78 is 0. The monoisotopic (exact) mass is 351 g/mol. The van der Waals surface area contributed by atoms with E-state index in [4.69, 9.17) is 0 Å². The molecule has 0 bridgehead atoms. The van der Waals surface area contributed by atoms with Gasteiger partial charge in [-0.2, -0.15) is 0 Å². The van der Waals surface area contributed by atoms with Crippen molar-refractivity contribution in [3.63, 3.8) is 0 Å². The third-order valence-electron chi connectivity index (χ3n) is 4.61. The fourth-order valence-corrected chi connectivity index (χ4v) is 3.07. The molecular formula is C21H25N3O2. The second-order valence-corrected chi connectivity index (χ2v) is 7.13. The maximum Gasteiger partial charge on any atom is 0.253 e. The average molecular weight is 351 g/mol. The van der Waals surface area contributed by atoms with Crippen LogP contribution < -0.4 is 0 Å². The summed E-state index contributed by atoms with van der Waals surface area (Å²) in [5.74, 6) is 0.720. The van der Waals surface area contributed by atoms with Gasteiger partial charge < -0.3 is 14.8 Å². The van der Waals surface area contributed by atoms with Crippen molar-refractivity contribution in [2.45, 2.75) is 12.8 Å². The van der Waals surface area contributed by atoms with E-state index in [-0.39, 0.29) is 5.91 Å². The van der Waals surface area contributed by atoms with Gasteiger partial charge in [-0.1, -0.05) is 12.1 Å². The zero-order valence-corrected chi connectivity index (χ0v) is 15.5. The molecule has 26 heavy (non-hydrogen) atoms. The highest BCUT2D eigenvalue weighted by atomic mass is 16.2. The van der Waals surface area contributed by atoms with Gasteiger partial charge in [-0.3, -0.25) is 9.59 Å². The molecule has 1 N–H and O–H groups in total. The van der Waals surface area contributed by atoms with E-state index in [0.717, 1.165) is 35.4 Å². The van der Waals surface area contributed by atoms with E-state index in [9.17, 15) is 9.59 Å². The van der Waals surface area contributed by atoms with Crippen LogP contribution in [0.25, 0.3) is 5.57 Å². The highest BCUT2D eigenvalue weighted by Crippen LogP contribution is 2.31. The molecule has 0 aliphatic heterocycles. The molecule has 1 saturated carbocycles. The maximum absolute atomic E-state index is 12.3. The molecule has 0 saturated heterocycles. The van der Waals surface area contributed by atoms with Gasteiger partial charge in [-0.15, -0.1) is 0 Å². The number of hydrogen-bond donors (Lipinski definition) is 1. The summed E-state index contributed by atoms with van der Waals surface area (Å²) in [6.07, 6.45) is 7.24. The normalized spacial score (nSPS) is 14.2. The van der Waals surface area contributed by atoms with E-state index in [2.05, 4.69) is 23.1 Å². The van der Waals surface area contributed by atoms with Crippen molar-refractivity contribution >= 4 is 17.8 Å². The van der Waals surface area contributed by atoms with Crippen molar-refractivity contribution in [1.82, 2.24) is 14.8 Å². The first kappa shape index (κ1) is 18.0. The van der Waals surface area contributed by atoms with Crippen molar-refractivity contribution < 1.29 is 9.59 Å². The van der Waals surface area contributed by atoms with E-state index in [1.807, 2.05) is 30.3 Å². The molecule has 1 aliphatic rings. The third kappa shape index (κ3) is 4.04. The Morgan fingerprint density at radius 3 is 2.58 bits per heavy atom. The lowest BCUT2D eigenvalue weighted by molar-refractivity contribution is 0.0827. The quantitative estimate of drug-likeness (QED) is 0.779. The van der Waals surface area contributed by atoms with E-state index in [0.29, 0.717) is 11.3 Å². The molecule has 136 valence electrons. The van der Waals surface area contributed by atoms with Crippen LogP contribution in [0.15, 0.2) is 42.7 Å². The summed E-state index contributed by atoms with van der Waals surface area (Å²) in [4.78, 5) is 30.5. The third-order valence-corrected chi connectivity index (χ3v) is 4.61. The fourth-order valence-electron chi connectivity index (χ4n) is 3.07. The predicted octanol–water partition coefficient (Wildman–Crippen LogP) is 3.26. The van der Waals surface area contributed by atoms with Gasteiger partial charge in [0, 0.05) is 56.8 Å². The first-order chi connectivity index (χ1) is 12.5. The summed E-state index contributed by atoms with van der Waals surface area (Å²) in [6, 6.07) is 9.47. The van der Waals surface area contributed by atoms with E-state index < -0.39 is 0 Å². The molecule has 1 amide bonds. The fraction of sp³-hybridized carbons (Fsp3) is 0.333. The van der Waals surface area contributed by atoms with Gasteiger partial charge in [0.15, 0.2) is 6.29 Å². The summed E-state index contributed by atoms with van der Waals surface area (Å²) in [5.41, 5.74) is 3.87. The average Bonchev–Trinajstić information content (AvgIpc) is 3.32. The molecule has 3 rings (SSSR count). The molecule has 5 nitrogen and oxygen atoms in total. The summed E-state index contributed by atoms with van der Waals surface area (Å²) in [6.45, 7) is 1.00. The summed E-state index contributed by atoms with van der Waals surface area (Å²) in [5, 5.41) is 0. The summed E-state index contributed by atoms with van der Waals surface area (Å²) in [7, 11) is 5.54. The van der Waals surface area contributed by atoms with Gasteiger partial charge in [0.2, 0.25) is 0 Å². The molecule has 1 fully saturated rings. The van der Waals surface area contributed by atoms with E-state index in [1.165, 1.54) is 12.8 Å². The molecule has 1 aliphatic carbocycles. The van der Waals surface area contributed by atoms with Crippen molar-refractivity contribution in [3.8, 4) is 0 Å². The van der Waals surface area contributed by atoms with Gasteiger partial charge in [0.25, 0.3) is 5.91 Å². The minimum atomic E-state index is -0.0396. The SMILES string of the molecule is CN(/C=C(/c1cccc(C(=O)N(C)C)c1)c1cc[nH]c1C=O)CC1CC1. The van der Waals surface area contributed by atoms with E-state index in [1.54, 1.807) is 25.2 Å². The Morgan fingerprint density at radius 2 is 1.92 bits per heavy atom. The number of H-pyrrole nitrogens is 1. The Balaban J connectivity index is 2.03. The number of carbonyl (C=O) groups is 2. The molecule has 5 heteroatoms. The Labute approximate surface area is 154 Å². The zero-order valence-electron chi connectivity index (χ0n) is 15.5. The Morgan fingerprint density at radius 1 is 1.19 bits per heavy atom. The number of aromatic nitrogens is 1. The van der Waals surface area contributed by atoms with Crippen LogP contribution in [-0.4, -0.2) is 54.7 Å². The highest BCUT2D eigenvalue weighted by molar-refractivity contribution is 5.96. The van der Waals surface area contributed by atoms with Gasteiger partial charge in [0.05, 0.1) is 5.69 Å². The molecule has 0 unspecified atom stereocenters. The van der Waals surface area contributed by atoms with Gasteiger partial charge >= 0.3 is 0 Å². The van der Waals surface area contributed by atoms with Crippen LogP contribution in [0.5, 0.6) is 0 Å². The Bertz CT molecular complexity index is 831. The number of aldehydes is 1. The van der Waals surface area contributed by atoms with Crippen LogP contribution in [0.2, 0.25) is 0 Å². The first-order valence-corrected chi connectivity index (χ1v) is 8.86. The van der Waals surface area contributed by atoms with Crippen molar-refractivity contribution in [3.05, 3.63) is 65.1 Å². The number of amides is 1. The lowest BCUT2D eigenvalue weighted by Gasteiger charge is -2.18. The van der Waals surface area contributed by atoms with Crippen LogP contribution in [-0.2, 0) is 0 Å². The zero-order chi connectivity index (χ0) is 18.7. The van der Waals surface area contributed by atoms with Crippen molar-refractivity contribution in [2.24, 2.45) is 5.92 Å². The summed E-state index contributed by atoms with van der Waals surface area (Å²) >= 11 is 0. The lowest BCUT2D eigenvalue weighted by Crippen LogP contribution is -2.21. The highest BCUT2D eigenvalue weighted by Gasteiger charge is 2.22. The van der Waals surface area contributed by atoms with Gasteiger partial charge in [-0.25, -0.2) is 0 Å². The van der Waals surface area contributed by atoms with E-state index >= 15 is 0 Å². The number of aromatic amines is 1. The lowest BCUT2D eigenvalue weighted by atomic mass is 9.97. The van der Waals surface area contributed by atoms with Crippen molar-refractivity contribution in [2.75, 3.05) is 27.7 Å². The second kappa shape index (κ2) is 7.60. The topological polar surface area (TPSA) is 56.4 Å². The van der Waals surface area contributed by atoms with Crippen LogP contribution in [0.3, 0.4) is 0 Å². The van der Waals surface area contributed by atoms with Crippen LogP contribution in [0.1, 0.15) is 44.8 Å². The Kier molecular flexibility index (Phi) is 5.26. The number of nitrogens with one attached hydrogen (secondary N) is 1. The first-order valence-electron chi connectivity index (χ1n) is 8.86.